The summed E-state index contributed by atoms with van der Waals surface area (Å²) in [5.41, 5.74) is 2.20. The van der Waals surface area contributed by atoms with Crippen molar-refractivity contribution in [3.8, 4) is 10.7 Å². The average molecular weight is 427 g/mol. The molecule has 144 valence electrons. The predicted octanol–water partition coefficient (Wildman–Crippen LogP) is 5.98. The highest BCUT2D eigenvalue weighted by Crippen LogP contribution is 2.35. The van der Waals surface area contributed by atoms with Crippen LogP contribution in [0.25, 0.3) is 37.9 Å². The van der Waals surface area contributed by atoms with Crippen molar-refractivity contribution in [2.45, 2.75) is 0 Å². The Labute approximate surface area is 179 Å². The van der Waals surface area contributed by atoms with Gasteiger partial charge in [-0.05, 0) is 46.5 Å². The lowest BCUT2D eigenvalue weighted by Crippen LogP contribution is -1.99. The number of carbonyl (C=O) groups excluding carboxylic acids is 2. The normalized spacial score (nSPS) is 13.6. The molecule has 1 aliphatic rings. The Hall–Kier alpha value is -3.35. The van der Waals surface area contributed by atoms with Gasteiger partial charge >= 0.3 is 0 Å². The van der Waals surface area contributed by atoms with Crippen LogP contribution in [-0.2, 0) is 7.05 Å². The molecule has 0 N–H and O–H groups in total. The van der Waals surface area contributed by atoms with E-state index in [1.807, 2.05) is 61.0 Å². The number of ketones is 2. The van der Waals surface area contributed by atoms with Crippen molar-refractivity contribution in [1.82, 2.24) is 9.55 Å². The van der Waals surface area contributed by atoms with Crippen LogP contribution in [0, 0.1) is 0 Å². The topological polar surface area (TPSA) is 52.0 Å². The van der Waals surface area contributed by atoms with E-state index >= 15 is 0 Å². The number of nitrogens with zero attached hydrogens (tertiary/aromatic N) is 2. The third-order valence-corrected chi connectivity index (χ3v) is 7.32. The van der Waals surface area contributed by atoms with Crippen molar-refractivity contribution >= 4 is 61.4 Å². The van der Waals surface area contributed by atoms with Crippen molar-refractivity contribution in [2.24, 2.45) is 7.05 Å². The van der Waals surface area contributed by atoms with Crippen molar-refractivity contribution in [3.05, 3.63) is 81.6 Å². The second-order valence-electron chi connectivity index (χ2n) is 7.27. The molecule has 3 aromatic heterocycles. The summed E-state index contributed by atoms with van der Waals surface area (Å²) < 4.78 is 2.05. The molecule has 0 fully saturated rings. The van der Waals surface area contributed by atoms with Gasteiger partial charge in [0.1, 0.15) is 4.83 Å². The predicted molar refractivity (Wildman–Crippen MR) is 122 cm³/mol. The summed E-state index contributed by atoms with van der Waals surface area (Å²) in [5, 5.41) is 3.96. The van der Waals surface area contributed by atoms with Gasteiger partial charge in [-0.15, -0.1) is 22.7 Å². The lowest BCUT2D eigenvalue weighted by molar-refractivity contribution is 0.0990. The maximum absolute atomic E-state index is 13.0. The number of carbonyl (C=O) groups is 2. The lowest BCUT2D eigenvalue weighted by Gasteiger charge is -2.00. The number of benzene rings is 2. The van der Waals surface area contributed by atoms with Crippen LogP contribution in [0.4, 0.5) is 0 Å². The van der Waals surface area contributed by atoms with Gasteiger partial charge in [0.25, 0.3) is 0 Å². The summed E-state index contributed by atoms with van der Waals surface area (Å²) in [5.74, 6) is 0.522. The minimum absolute atomic E-state index is 0.203. The average Bonchev–Trinajstić information content (AvgIpc) is 3.51. The largest absolute Gasteiger partial charge is 0.326 e. The first-order chi connectivity index (χ1) is 14.6. The molecule has 30 heavy (non-hydrogen) atoms. The maximum atomic E-state index is 13.0. The highest BCUT2D eigenvalue weighted by Gasteiger charge is 2.33. The van der Waals surface area contributed by atoms with Crippen molar-refractivity contribution in [2.75, 3.05) is 0 Å². The monoisotopic (exact) mass is 426 g/mol. The molecule has 4 nitrogen and oxygen atoms in total. The first kappa shape index (κ1) is 17.5. The van der Waals surface area contributed by atoms with Crippen LogP contribution in [0.5, 0.6) is 0 Å². The van der Waals surface area contributed by atoms with Crippen LogP contribution in [0.1, 0.15) is 25.6 Å². The lowest BCUT2D eigenvalue weighted by atomic mass is 10.0. The molecule has 2 aromatic carbocycles. The molecule has 1 aliphatic carbocycles. The summed E-state index contributed by atoms with van der Waals surface area (Å²) in [6, 6.07) is 17.5. The van der Waals surface area contributed by atoms with Crippen LogP contribution in [0.3, 0.4) is 0 Å². The van der Waals surface area contributed by atoms with Gasteiger partial charge in [-0.3, -0.25) is 9.59 Å². The fraction of sp³-hybridized carbons (Fsp3) is 0.0417. The standard InChI is InChI=1S/C24H14N2O2S2/c1-26-19-12-15(30-24(19)25-23(26)20-7-4-8-29-20)11-18-21(27)16-9-13-5-2-3-6-14(13)10-17(16)22(18)28/h2-12H,1H3. The summed E-state index contributed by atoms with van der Waals surface area (Å²) in [4.78, 5) is 33.6. The Morgan fingerprint density at radius 3 is 2.23 bits per heavy atom. The Balaban J connectivity index is 1.43. The molecule has 3 heterocycles. The smallest absolute Gasteiger partial charge is 0.197 e. The third kappa shape index (κ3) is 2.47. The second-order valence-corrected chi connectivity index (χ2v) is 9.28. The van der Waals surface area contributed by atoms with E-state index in [0.717, 1.165) is 36.7 Å². The van der Waals surface area contributed by atoms with Crippen LogP contribution in [-0.4, -0.2) is 21.1 Å². The SMILES string of the molecule is Cn1c(-c2cccs2)nc2sc(C=C3C(=O)c4cc5ccccc5cc4C3=O)cc21. The molecule has 0 radical (unpaired) electrons. The van der Waals surface area contributed by atoms with E-state index in [2.05, 4.69) is 10.6 Å². The molecule has 0 spiro atoms. The minimum atomic E-state index is -0.203. The minimum Gasteiger partial charge on any atom is -0.326 e. The van der Waals surface area contributed by atoms with E-state index in [0.29, 0.717) is 11.1 Å². The number of rotatable bonds is 2. The summed E-state index contributed by atoms with van der Waals surface area (Å²) in [6.07, 6.45) is 1.71. The van der Waals surface area contributed by atoms with Crippen LogP contribution in [0.2, 0.25) is 0 Å². The molecule has 6 rings (SSSR count). The molecule has 0 atom stereocenters. The Morgan fingerprint density at radius 2 is 1.63 bits per heavy atom. The number of allylic oxidation sites excluding steroid dienone is 1. The first-order valence-corrected chi connectivity index (χ1v) is 11.1. The number of thiophene rings is 2. The zero-order valence-electron chi connectivity index (χ0n) is 15.9. The van der Waals surface area contributed by atoms with Gasteiger partial charge in [-0.25, -0.2) is 4.98 Å². The number of imidazole rings is 1. The van der Waals surface area contributed by atoms with Crippen molar-refractivity contribution in [3.63, 3.8) is 0 Å². The number of Topliss-reactive ketones (excluding diaryl/α,β-unsaturated/α-hetero) is 2. The molecule has 0 saturated carbocycles. The molecule has 0 amide bonds. The first-order valence-electron chi connectivity index (χ1n) is 9.44. The van der Waals surface area contributed by atoms with Gasteiger partial charge < -0.3 is 4.57 Å². The summed E-state index contributed by atoms with van der Waals surface area (Å²) in [7, 11) is 1.99. The second kappa shape index (κ2) is 6.32. The number of fused-ring (bicyclic) bond motifs is 3. The molecular formula is C24H14N2O2S2. The van der Waals surface area contributed by atoms with Gasteiger partial charge in [0, 0.05) is 23.1 Å². The van der Waals surface area contributed by atoms with Gasteiger partial charge in [-0.2, -0.15) is 0 Å². The van der Waals surface area contributed by atoms with Crippen LogP contribution < -0.4 is 0 Å². The van der Waals surface area contributed by atoms with Crippen LogP contribution in [0.15, 0.2) is 65.6 Å². The molecular weight excluding hydrogens is 412 g/mol. The zero-order valence-corrected chi connectivity index (χ0v) is 17.5. The van der Waals surface area contributed by atoms with Gasteiger partial charge in [0.2, 0.25) is 0 Å². The van der Waals surface area contributed by atoms with Gasteiger partial charge in [0.05, 0.1) is 16.0 Å². The molecule has 5 aromatic rings. The quantitative estimate of drug-likeness (QED) is 0.258. The molecule has 0 aliphatic heterocycles. The maximum Gasteiger partial charge on any atom is 0.197 e. The van der Waals surface area contributed by atoms with E-state index < -0.39 is 0 Å². The van der Waals surface area contributed by atoms with Crippen molar-refractivity contribution in [1.29, 1.82) is 0 Å². The summed E-state index contributed by atoms with van der Waals surface area (Å²) >= 11 is 3.15. The molecule has 0 unspecified atom stereocenters. The van der Waals surface area contributed by atoms with E-state index in [1.54, 1.807) is 17.4 Å². The van der Waals surface area contributed by atoms with Gasteiger partial charge in [-0.1, -0.05) is 30.3 Å². The Kier molecular flexibility index (Phi) is 3.69. The van der Waals surface area contributed by atoms with E-state index in [9.17, 15) is 9.59 Å². The Bertz CT molecular complexity index is 1480. The zero-order chi connectivity index (χ0) is 20.4. The Morgan fingerprint density at radius 1 is 0.933 bits per heavy atom. The number of hydrogen-bond acceptors (Lipinski definition) is 5. The number of aromatic nitrogens is 2. The fourth-order valence-electron chi connectivity index (χ4n) is 3.98. The summed E-state index contributed by atoms with van der Waals surface area (Å²) in [6.45, 7) is 0. The van der Waals surface area contributed by atoms with E-state index in [-0.39, 0.29) is 17.1 Å². The number of hydrogen-bond donors (Lipinski definition) is 0. The third-order valence-electron chi connectivity index (χ3n) is 5.49. The van der Waals surface area contributed by atoms with Crippen LogP contribution >= 0.6 is 22.7 Å². The van der Waals surface area contributed by atoms with Crippen molar-refractivity contribution < 1.29 is 9.59 Å². The number of aryl methyl sites for hydroxylation is 1. The molecule has 0 bridgehead atoms. The highest BCUT2D eigenvalue weighted by molar-refractivity contribution is 7.19. The molecule has 6 heteroatoms. The van der Waals surface area contributed by atoms with E-state index in [1.165, 1.54) is 11.3 Å². The highest BCUT2D eigenvalue weighted by atomic mass is 32.1. The molecule has 0 saturated heterocycles. The fourth-order valence-corrected chi connectivity index (χ4v) is 5.73. The van der Waals surface area contributed by atoms with Gasteiger partial charge in [0.15, 0.2) is 17.4 Å². The van der Waals surface area contributed by atoms with E-state index in [4.69, 9.17) is 4.98 Å².